The van der Waals surface area contributed by atoms with Crippen molar-refractivity contribution in [1.82, 2.24) is 0 Å². The van der Waals surface area contributed by atoms with Gasteiger partial charge in [-0.25, -0.2) is 0 Å². The van der Waals surface area contributed by atoms with Gasteiger partial charge in [-0.1, -0.05) is 11.6 Å². The van der Waals surface area contributed by atoms with Gasteiger partial charge in [0.25, 0.3) is 0 Å². The molecule has 0 bridgehead atoms. The number of carbonyl (C=O) groups excluding carboxylic acids is 1. The second-order valence-electron chi connectivity index (χ2n) is 2.41. The maximum atomic E-state index is 10.7. The number of rotatable bonds is 4. The van der Waals surface area contributed by atoms with E-state index in [0.29, 0.717) is 0 Å². The van der Waals surface area contributed by atoms with E-state index in [9.17, 15) is 9.90 Å². The fraction of sp³-hybridized carbons (Fsp3) is 0. The summed E-state index contributed by atoms with van der Waals surface area (Å²) in [5.74, 6) is -2.43. The fourth-order valence-corrected chi connectivity index (χ4v) is 1.65. The number of benzene rings is 1. The summed E-state index contributed by atoms with van der Waals surface area (Å²) in [7, 11) is 0. The zero-order valence-electron chi connectivity index (χ0n) is 8.13. The molecule has 0 heterocycles. The van der Waals surface area contributed by atoms with Crippen LogP contribution in [-0.4, -0.2) is 5.97 Å². The van der Waals surface area contributed by atoms with Crippen LogP contribution in [0.25, 0.3) is 0 Å². The molecular weight excluding hydrogens is 313 g/mol. The van der Waals surface area contributed by atoms with Gasteiger partial charge < -0.3 is 22.8 Å². The molecule has 0 aliphatic heterocycles. The zero-order chi connectivity index (χ0) is 12.3. The van der Waals surface area contributed by atoms with Crippen molar-refractivity contribution >= 4 is 53.2 Å². The summed E-state index contributed by atoms with van der Waals surface area (Å²) < 4.78 is 12.9. The maximum absolute atomic E-state index is 10.7. The van der Waals surface area contributed by atoms with Crippen molar-refractivity contribution < 1.29 is 41.6 Å². The molecule has 0 aliphatic carbocycles. The Hall–Kier alpha value is -0.153. The molecule has 0 N–H and O–H groups in total. The van der Waals surface area contributed by atoms with Crippen LogP contribution in [0.1, 0.15) is 10.4 Å². The Bertz CT molecular complexity index is 427. The minimum atomic E-state index is -1.57. The van der Waals surface area contributed by atoms with Gasteiger partial charge in [-0.3, -0.25) is 0 Å². The summed E-state index contributed by atoms with van der Waals surface area (Å²) in [4.78, 5) is 10.7. The SMILES string of the molecule is O=C([O-])c1cc(OCl)c(OCl)c(OCl)c1Cl.[Li+]. The molecule has 1 rings (SSSR count). The minimum Gasteiger partial charge on any atom is -0.545 e. The first-order chi connectivity index (χ1) is 7.56. The van der Waals surface area contributed by atoms with Gasteiger partial charge in [0, 0.05) is 5.56 Å². The summed E-state index contributed by atoms with van der Waals surface area (Å²) in [6.07, 6.45) is 0. The third kappa shape index (κ3) is 3.41. The van der Waals surface area contributed by atoms with E-state index in [-0.39, 0.29) is 41.1 Å². The van der Waals surface area contributed by atoms with Crippen LogP contribution in [0.3, 0.4) is 0 Å². The first kappa shape index (κ1) is 16.8. The van der Waals surface area contributed by atoms with Gasteiger partial charge in [-0.2, -0.15) is 0 Å². The van der Waals surface area contributed by atoms with Crippen LogP contribution in [0.15, 0.2) is 6.07 Å². The largest absolute Gasteiger partial charge is 1.00 e. The Morgan fingerprint density at radius 1 is 1.12 bits per heavy atom. The van der Waals surface area contributed by atoms with Gasteiger partial charge in [0.15, 0.2) is 5.75 Å². The Morgan fingerprint density at radius 2 is 1.65 bits per heavy atom. The van der Waals surface area contributed by atoms with Crippen LogP contribution < -0.4 is 36.8 Å². The van der Waals surface area contributed by atoms with Crippen molar-refractivity contribution in [1.29, 1.82) is 0 Å². The second kappa shape index (κ2) is 7.32. The topological polar surface area (TPSA) is 67.8 Å². The van der Waals surface area contributed by atoms with E-state index >= 15 is 0 Å². The Morgan fingerprint density at radius 3 is 2.00 bits per heavy atom. The Kier molecular flexibility index (Phi) is 7.25. The van der Waals surface area contributed by atoms with Crippen molar-refractivity contribution in [2.45, 2.75) is 0 Å². The van der Waals surface area contributed by atoms with Crippen LogP contribution in [0.4, 0.5) is 0 Å². The predicted molar refractivity (Wildman–Crippen MR) is 55.2 cm³/mol. The molecule has 0 saturated carbocycles. The quantitative estimate of drug-likeness (QED) is 0.688. The van der Waals surface area contributed by atoms with E-state index in [2.05, 4.69) is 12.9 Å². The van der Waals surface area contributed by atoms with Crippen molar-refractivity contribution in [3.05, 3.63) is 16.7 Å². The van der Waals surface area contributed by atoms with Gasteiger partial charge in [-0.15, -0.1) is 0 Å². The molecule has 0 fully saturated rings. The fourth-order valence-electron chi connectivity index (χ4n) is 0.942. The normalized spacial score (nSPS) is 9.18. The molecule has 0 saturated heterocycles. The van der Waals surface area contributed by atoms with Crippen molar-refractivity contribution in [3.8, 4) is 17.2 Å². The third-order valence-electron chi connectivity index (χ3n) is 1.60. The van der Waals surface area contributed by atoms with E-state index in [0.717, 1.165) is 6.07 Å². The standard InChI is InChI=1S/C7H2Cl4O5.Li/c8-4-2(7(12)13)1-3(14-9)5(15-10)6(4)16-11;/h1H,(H,12,13);/q;+1/p-1. The summed E-state index contributed by atoms with van der Waals surface area (Å²) in [6, 6.07) is 0.946. The van der Waals surface area contributed by atoms with E-state index in [1.807, 2.05) is 0 Å². The first-order valence-electron chi connectivity index (χ1n) is 3.50. The number of halogens is 4. The summed E-state index contributed by atoms with van der Waals surface area (Å²) in [5, 5.41) is 10.3. The molecule has 1 aromatic carbocycles. The molecule has 0 radical (unpaired) electrons. The average molecular weight is 314 g/mol. The van der Waals surface area contributed by atoms with Crippen LogP contribution in [0.5, 0.6) is 17.2 Å². The van der Waals surface area contributed by atoms with Gasteiger partial charge >= 0.3 is 18.9 Å². The van der Waals surface area contributed by atoms with Gasteiger partial charge in [0.05, 0.1) is 11.0 Å². The molecule has 0 amide bonds. The van der Waals surface area contributed by atoms with Crippen molar-refractivity contribution in [3.63, 3.8) is 0 Å². The second-order valence-corrected chi connectivity index (χ2v) is 3.25. The summed E-state index contributed by atoms with van der Waals surface area (Å²) in [5.41, 5.74) is -0.439. The molecule has 1 aromatic rings. The van der Waals surface area contributed by atoms with Gasteiger partial charge in [-0.05, 0) is 6.07 Å². The predicted octanol–water partition coefficient (Wildman–Crippen LogP) is -0.695. The molecule has 0 spiro atoms. The first-order valence-corrected chi connectivity index (χ1v) is 4.80. The van der Waals surface area contributed by atoms with Crippen LogP contribution >= 0.6 is 47.2 Å². The molecule has 0 aromatic heterocycles. The van der Waals surface area contributed by atoms with Crippen LogP contribution in [0.2, 0.25) is 5.02 Å². The molecule has 17 heavy (non-hydrogen) atoms. The van der Waals surface area contributed by atoms with Gasteiger partial charge in [0.2, 0.25) is 11.5 Å². The molecule has 10 heteroatoms. The van der Waals surface area contributed by atoms with E-state index < -0.39 is 11.5 Å². The summed E-state index contributed by atoms with van der Waals surface area (Å²) >= 11 is 20.9. The number of hydrogen-bond donors (Lipinski definition) is 0. The smallest absolute Gasteiger partial charge is 0.545 e. The Balaban J connectivity index is 0.00000256. The number of aromatic carboxylic acids is 1. The maximum Gasteiger partial charge on any atom is 1.00 e. The molecular formula is C7HCl4LiO5. The summed E-state index contributed by atoms with van der Waals surface area (Å²) in [6.45, 7) is 0. The number of carboxylic acids is 1. The number of hydrogen-bond acceptors (Lipinski definition) is 5. The number of carbonyl (C=O) groups is 1. The molecule has 0 unspecified atom stereocenters. The third-order valence-corrected chi connectivity index (χ3v) is 2.45. The minimum absolute atomic E-state index is 0. The van der Waals surface area contributed by atoms with E-state index in [1.165, 1.54) is 0 Å². The molecule has 0 aliphatic rings. The average Bonchev–Trinajstić information content (AvgIpc) is 2.27. The van der Waals surface area contributed by atoms with Crippen molar-refractivity contribution in [2.75, 3.05) is 0 Å². The Labute approximate surface area is 128 Å². The molecule has 88 valence electrons. The van der Waals surface area contributed by atoms with Gasteiger partial charge in [0.1, 0.15) is 35.6 Å². The molecule has 0 atom stereocenters. The zero-order valence-corrected chi connectivity index (χ0v) is 11.2. The monoisotopic (exact) mass is 312 g/mol. The van der Waals surface area contributed by atoms with Crippen LogP contribution in [0, 0.1) is 0 Å². The number of carboxylic acid groups (broad SMARTS) is 1. The van der Waals surface area contributed by atoms with E-state index in [4.69, 9.17) is 47.2 Å². The van der Waals surface area contributed by atoms with E-state index in [1.54, 1.807) is 0 Å². The van der Waals surface area contributed by atoms with Crippen molar-refractivity contribution in [2.24, 2.45) is 0 Å². The van der Waals surface area contributed by atoms with Crippen LogP contribution in [-0.2, 0) is 0 Å². The molecule has 5 nitrogen and oxygen atoms in total.